The van der Waals surface area contributed by atoms with Crippen LogP contribution in [0, 0.1) is 0 Å². The van der Waals surface area contributed by atoms with Crippen molar-refractivity contribution < 1.29 is 24.2 Å². The normalized spacial score (nSPS) is 17.6. The first-order chi connectivity index (χ1) is 16.2. The fourth-order valence-electron chi connectivity index (χ4n) is 3.85. The Morgan fingerprint density at radius 3 is 2.21 bits per heavy atom. The molecule has 3 rings (SSSR count). The highest BCUT2D eigenvalue weighted by molar-refractivity contribution is 6.46. The van der Waals surface area contributed by atoms with E-state index < -0.39 is 17.7 Å². The first kappa shape index (κ1) is 25.3. The van der Waals surface area contributed by atoms with Crippen molar-refractivity contribution in [1.29, 1.82) is 0 Å². The van der Waals surface area contributed by atoms with E-state index in [4.69, 9.17) is 9.47 Å². The highest BCUT2D eigenvalue weighted by Crippen LogP contribution is 2.39. The minimum atomic E-state index is -0.691. The van der Waals surface area contributed by atoms with Crippen LogP contribution in [-0.2, 0) is 9.59 Å². The van der Waals surface area contributed by atoms with Crippen LogP contribution in [0.15, 0.2) is 54.1 Å². The molecular formula is C27H34N2O5. The summed E-state index contributed by atoms with van der Waals surface area (Å²) in [6.45, 7) is 7.45. The molecule has 182 valence electrons. The molecule has 1 heterocycles. The molecule has 7 nitrogen and oxygen atoms in total. The number of hydrogen-bond donors (Lipinski definition) is 1. The lowest BCUT2D eigenvalue weighted by molar-refractivity contribution is -0.140. The number of ketones is 1. The van der Waals surface area contributed by atoms with Crippen molar-refractivity contribution in [3.8, 4) is 11.5 Å². The van der Waals surface area contributed by atoms with E-state index in [1.807, 2.05) is 64.0 Å². The van der Waals surface area contributed by atoms with Crippen molar-refractivity contribution in [3.05, 3.63) is 65.2 Å². The summed E-state index contributed by atoms with van der Waals surface area (Å²) in [6, 6.07) is 13.5. The molecule has 2 aromatic rings. The highest BCUT2D eigenvalue weighted by Gasteiger charge is 2.45. The lowest BCUT2D eigenvalue weighted by atomic mass is 9.95. The number of ether oxygens (including phenoxy) is 2. The number of Topliss-reactive ketones (excluding diaryl/α,β-unsaturated/α-hetero) is 1. The maximum atomic E-state index is 13.1. The van der Waals surface area contributed by atoms with Crippen molar-refractivity contribution >= 4 is 17.4 Å². The number of aliphatic hydroxyl groups is 1. The van der Waals surface area contributed by atoms with E-state index in [2.05, 4.69) is 0 Å². The van der Waals surface area contributed by atoms with Gasteiger partial charge in [-0.15, -0.1) is 0 Å². The number of nitrogens with zero attached hydrogens (tertiary/aromatic N) is 2. The number of hydrogen-bond acceptors (Lipinski definition) is 6. The smallest absolute Gasteiger partial charge is 0.295 e. The zero-order valence-corrected chi connectivity index (χ0v) is 20.6. The minimum Gasteiger partial charge on any atom is -0.507 e. The molecule has 1 aliphatic heterocycles. The lowest BCUT2D eigenvalue weighted by Gasteiger charge is -2.26. The molecule has 1 amide bonds. The van der Waals surface area contributed by atoms with Gasteiger partial charge in [-0.25, -0.2) is 0 Å². The SMILES string of the molecule is CCCOc1ccc(/C(O)=C2\C(=O)C(=O)N(CCN(C)C)[C@H]2c2ccc(OC(C)C)cc2)cc1. The molecule has 0 unspecified atom stereocenters. The quantitative estimate of drug-likeness (QED) is 0.320. The lowest BCUT2D eigenvalue weighted by Crippen LogP contribution is -2.35. The van der Waals surface area contributed by atoms with E-state index in [0.29, 0.717) is 36.8 Å². The maximum Gasteiger partial charge on any atom is 0.295 e. The molecular weight excluding hydrogens is 432 g/mol. The molecule has 34 heavy (non-hydrogen) atoms. The predicted octanol–water partition coefficient (Wildman–Crippen LogP) is 4.25. The van der Waals surface area contributed by atoms with E-state index in [-0.39, 0.29) is 17.4 Å². The third-order valence-corrected chi connectivity index (χ3v) is 5.50. The molecule has 0 bridgehead atoms. The van der Waals surface area contributed by atoms with Gasteiger partial charge in [-0.1, -0.05) is 19.1 Å². The molecule has 7 heteroatoms. The summed E-state index contributed by atoms with van der Waals surface area (Å²) >= 11 is 0. The van der Waals surface area contributed by atoms with Crippen LogP contribution >= 0.6 is 0 Å². The van der Waals surface area contributed by atoms with Gasteiger partial charge in [0.2, 0.25) is 0 Å². The summed E-state index contributed by atoms with van der Waals surface area (Å²) in [5, 5.41) is 11.2. The van der Waals surface area contributed by atoms with Crippen LogP contribution in [0.1, 0.15) is 44.4 Å². The molecule has 0 aliphatic carbocycles. The molecule has 1 aliphatic rings. The van der Waals surface area contributed by atoms with Crippen molar-refractivity contribution in [1.82, 2.24) is 9.80 Å². The van der Waals surface area contributed by atoms with Crippen molar-refractivity contribution in [2.75, 3.05) is 33.8 Å². The van der Waals surface area contributed by atoms with Gasteiger partial charge in [0.15, 0.2) is 0 Å². The average Bonchev–Trinajstić information content (AvgIpc) is 3.06. The van der Waals surface area contributed by atoms with E-state index in [9.17, 15) is 14.7 Å². The maximum absolute atomic E-state index is 13.1. The van der Waals surface area contributed by atoms with E-state index in [1.165, 1.54) is 4.90 Å². The van der Waals surface area contributed by atoms with E-state index in [0.717, 1.165) is 12.0 Å². The number of amides is 1. The third kappa shape index (κ3) is 5.78. The number of benzene rings is 2. The van der Waals surface area contributed by atoms with Gasteiger partial charge in [-0.2, -0.15) is 0 Å². The van der Waals surface area contributed by atoms with Crippen LogP contribution in [0.3, 0.4) is 0 Å². The van der Waals surface area contributed by atoms with E-state index in [1.54, 1.807) is 24.3 Å². The van der Waals surface area contributed by atoms with Crippen LogP contribution in [0.4, 0.5) is 0 Å². The van der Waals surface area contributed by atoms with Crippen molar-refractivity contribution in [2.45, 2.75) is 39.3 Å². The summed E-state index contributed by atoms with van der Waals surface area (Å²) in [6.07, 6.45) is 0.917. The molecule has 0 saturated carbocycles. The second-order valence-corrected chi connectivity index (χ2v) is 8.90. The molecule has 2 aromatic carbocycles. The first-order valence-electron chi connectivity index (χ1n) is 11.7. The Labute approximate surface area is 201 Å². The van der Waals surface area contributed by atoms with Crippen LogP contribution in [0.25, 0.3) is 5.76 Å². The number of likely N-dealkylation sites (tertiary alicyclic amines) is 1. The Hall–Kier alpha value is -3.32. The van der Waals surface area contributed by atoms with Gasteiger partial charge in [0.1, 0.15) is 17.3 Å². The highest BCUT2D eigenvalue weighted by atomic mass is 16.5. The average molecular weight is 467 g/mol. The van der Waals surface area contributed by atoms with Crippen molar-refractivity contribution in [3.63, 3.8) is 0 Å². The van der Waals surface area contributed by atoms with Gasteiger partial charge in [-0.3, -0.25) is 9.59 Å². The summed E-state index contributed by atoms with van der Waals surface area (Å²) in [7, 11) is 3.82. The molecule has 0 radical (unpaired) electrons. The van der Waals surface area contributed by atoms with Crippen LogP contribution in [-0.4, -0.2) is 66.5 Å². The molecule has 1 fully saturated rings. The topological polar surface area (TPSA) is 79.3 Å². The fourth-order valence-corrected chi connectivity index (χ4v) is 3.85. The monoisotopic (exact) mass is 466 g/mol. The zero-order valence-electron chi connectivity index (χ0n) is 20.6. The Morgan fingerprint density at radius 1 is 1.03 bits per heavy atom. The largest absolute Gasteiger partial charge is 0.507 e. The van der Waals surface area contributed by atoms with Gasteiger partial charge >= 0.3 is 0 Å². The van der Waals surface area contributed by atoms with Gasteiger partial charge in [0, 0.05) is 18.7 Å². The zero-order chi connectivity index (χ0) is 24.8. The number of aliphatic hydroxyl groups excluding tert-OH is 1. The summed E-state index contributed by atoms with van der Waals surface area (Å²) in [4.78, 5) is 29.6. The second-order valence-electron chi connectivity index (χ2n) is 8.90. The Morgan fingerprint density at radius 2 is 1.65 bits per heavy atom. The Kier molecular flexibility index (Phi) is 8.34. The Bertz CT molecular complexity index is 1030. The first-order valence-corrected chi connectivity index (χ1v) is 11.7. The van der Waals surface area contributed by atoms with Crippen molar-refractivity contribution in [2.24, 2.45) is 0 Å². The van der Waals surface area contributed by atoms with Crippen LogP contribution in [0.5, 0.6) is 11.5 Å². The molecule has 0 spiro atoms. The van der Waals surface area contributed by atoms with E-state index >= 15 is 0 Å². The molecule has 1 N–H and O–H groups in total. The van der Waals surface area contributed by atoms with Gasteiger partial charge < -0.3 is 24.4 Å². The summed E-state index contributed by atoms with van der Waals surface area (Å²) < 4.78 is 11.3. The molecule has 0 aromatic heterocycles. The van der Waals surface area contributed by atoms with Gasteiger partial charge in [0.05, 0.1) is 24.3 Å². The summed E-state index contributed by atoms with van der Waals surface area (Å²) in [5.41, 5.74) is 1.28. The Balaban J connectivity index is 2.03. The van der Waals surface area contributed by atoms with Gasteiger partial charge in [-0.05, 0) is 76.3 Å². The van der Waals surface area contributed by atoms with Crippen LogP contribution in [0.2, 0.25) is 0 Å². The number of likely N-dealkylation sites (N-methyl/N-ethyl adjacent to an activating group) is 1. The third-order valence-electron chi connectivity index (χ3n) is 5.50. The fraction of sp³-hybridized carbons (Fsp3) is 0.407. The number of rotatable bonds is 10. The number of carbonyl (C=O) groups is 2. The summed E-state index contributed by atoms with van der Waals surface area (Å²) in [5.74, 6) is -0.108. The predicted molar refractivity (Wildman–Crippen MR) is 132 cm³/mol. The molecule has 1 saturated heterocycles. The molecule has 1 atom stereocenters. The minimum absolute atomic E-state index is 0.0286. The van der Waals surface area contributed by atoms with Gasteiger partial charge in [0.25, 0.3) is 11.7 Å². The second kappa shape index (κ2) is 11.2. The number of carbonyl (C=O) groups excluding carboxylic acids is 2. The standard InChI is InChI=1S/C27H34N2O5/c1-6-17-33-21-11-9-20(10-12-21)25(30)23-24(19-7-13-22(14-8-19)34-18(2)3)29(16-15-28(4)5)27(32)26(23)31/h7-14,18,24,30H,6,15-17H2,1-5H3/b25-23+/t24-/m0/s1. The van der Waals surface area contributed by atoms with Crippen LogP contribution < -0.4 is 9.47 Å².